The Balaban J connectivity index is 1.61. The minimum absolute atomic E-state index is 0.143. The third-order valence-electron chi connectivity index (χ3n) is 5.90. The second-order valence-corrected chi connectivity index (χ2v) is 9.43. The fourth-order valence-corrected chi connectivity index (χ4v) is 4.72. The number of methoxy groups -OCH3 is 1. The molecule has 176 valence electrons. The van der Waals surface area contributed by atoms with Gasteiger partial charge in [-0.1, -0.05) is 18.2 Å². The van der Waals surface area contributed by atoms with Crippen LogP contribution < -0.4 is 4.74 Å². The van der Waals surface area contributed by atoms with Gasteiger partial charge in [-0.3, -0.25) is 4.79 Å². The van der Waals surface area contributed by atoms with Crippen molar-refractivity contribution < 1.29 is 13.9 Å². The number of pyridine rings is 1. The summed E-state index contributed by atoms with van der Waals surface area (Å²) in [5.41, 5.74) is 5.23. The van der Waals surface area contributed by atoms with E-state index in [-0.39, 0.29) is 5.91 Å². The molecule has 3 aromatic heterocycles. The molecule has 5 aromatic rings. The van der Waals surface area contributed by atoms with E-state index in [0.29, 0.717) is 24.5 Å². The highest BCUT2D eigenvalue weighted by molar-refractivity contribution is 7.09. The van der Waals surface area contributed by atoms with Gasteiger partial charge in [-0.25, -0.2) is 9.97 Å². The maximum atomic E-state index is 13.5. The third kappa shape index (κ3) is 4.81. The molecule has 0 N–H and O–H groups in total. The number of para-hydroxylation sites is 1. The Labute approximate surface area is 207 Å². The molecule has 3 heterocycles. The molecule has 1 amide bonds. The van der Waals surface area contributed by atoms with Crippen molar-refractivity contribution in [1.82, 2.24) is 14.9 Å². The van der Waals surface area contributed by atoms with Gasteiger partial charge >= 0.3 is 0 Å². The fourth-order valence-electron chi connectivity index (χ4n) is 4.13. The molecule has 7 heteroatoms. The number of amides is 1. The van der Waals surface area contributed by atoms with Crippen LogP contribution >= 0.6 is 11.3 Å². The van der Waals surface area contributed by atoms with Gasteiger partial charge in [0.2, 0.25) is 0 Å². The molecule has 0 spiro atoms. The smallest absolute Gasteiger partial charge is 0.274 e. The second-order valence-electron chi connectivity index (χ2n) is 8.36. The monoisotopic (exact) mass is 483 g/mol. The van der Waals surface area contributed by atoms with Crippen LogP contribution in [-0.4, -0.2) is 27.9 Å². The number of rotatable bonds is 7. The van der Waals surface area contributed by atoms with Gasteiger partial charge in [-0.2, -0.15) is 0 Å². The molecule has 0 aliphatic heterocycles. The summed E-state index contributed by atoms with van der Waals surface area (Å²) in [5, 5.41) is 3.69. The summed E-state index contributed by atoms with van der Waals surface area (Å²) >= 11 is 1.47. The first-order valence-electron chi connectivity index (χ1n) is 11.3. The van der Waals surface area contributed by atoms with Crippen molar-refractivity contribution in [3.63, 3.8) is 0 Å². The zero-order valence-corrected chi connectivity index (χ0v) is 20.6. The molecule has 0 aliphatic carbocycles. The number of fused-ring (bicyclic) bond motifs is 1. The van der Waals surface area contributed by atoms with E-state index < -0.39 is 0 Å². The van der Waals surface area contributed by atoms with Crippen molar-refractivity contribution in [3.05, 3.63) is 99.9 Å². The van der Waals surface area contributed by atoms with E-state index in [1.54, 1.807) is 23.7 Å². The van der Waals surface area contributed by atoms with E-state index in [9.17, 15) is 4.79 Å². The number of thiazole rings is 1. The number of aromatic nitrogens is 2. The maximum Gasteiger partial charge on any atom is 0.274 e. The average molecular weight is 484 g/mol. The first kappa shape index (κ1) is 22.8. The first-order valence-corrected chi connectivity index (χ1v) is 12.2. The molecule has 0 unspecified atom stereocenters. The predicted octanol–water partition coefficient (Wildman–Crippen LogP) is 6.42. The molecule has 2 aromatic carbocycles. The van der Waals surface area contributed by atoms with Crippen molar-refractivity contribution in [2.45, 2.75) is 26.9 Å². The molecule has 0 radical (unpaired) electrons. The van der Waals surface area contributed by atoms with Crippen LogP contribution in [0.15, 0.2) is 76.7 Å². The molecular weight excluding hydrogens is 458 g/mol. The number of hydrogen-bond donors (Lipinski definition) is 0. The normalized spacial score (nSPS) is 11.1. The minimum Gasteiger partial charge on any atom is -0.497 e. The third-order valence-corrected chi connectivity index (χ3v) is 6.68. The van der Waals surface area contributed by atoms with E-state index in [0.717, 1.165) is 44.0 Å². The number of carbonyl (C=O) groups is 1. The Hall–Kier alpha value is -3.97. The molecule has 0 bridgehead atoms. The van der Waals surface area contributed by atoms with Crippen molar-refractivity contribution in [2.24, 2.45) is 0 Å². The van der Waals surface area contributed by atoms with Gasteiger partial charge in [0.05, 0.1) is 36.1 Å². The number of aryl methyl sites for hydroxylation is 2. The van der Waals surface area contributed by atoms with Crippen molar-refractivity contribution in [2.75, 3.05) is 7.11 Å². The lowest BCUT2D eigenvalue weighted by Crippen LogP contribution is -2.30. The quantitative estimate of drug-likeness (QED) is 0.267. The zero-order valence-electron chi connectivity index (χ0n) is 19.8. The highest BCUT2D eigenvalue weighted by Crippen LogP contribution is 2.30. The molecule has 0 saturated heterocycles. The summed E-state index contributed by atoms with van der Waals surface area (Å²) in [5.74, 6) is 1.34. The molecule has 5 rings (SSSR count). The number of benzene rings is 2. The summed E-state index contributed by atoms with van der Waals surface area (Å²) in [6.45, 7) is 4.64. The van der Waals surface area contributed by atoms with Crippen LogP contribution in [0.25, 0.3) is 22.2 Å². The Bertz CT molecular complexity index is 1470. The van der Waals surface area contributed by atoms with Crippen molar-refractivity contribution in [3.8, 4) is 17.0 Å². The van der Waals surface area contributed by atoms with E-state index >= 15 is 0 Å². The second kappa shape index (κ2) is 9.72. The molecule has 0 aliphatic rings. The van der Waals surface area contributed by atoms with Gasteiger partial charge in [0.1, 0.15) is 17.2 Å². The lowest BCUT2D eigenvalue weighted by molar-refractivity contribution is 0.0712. The number of furan rings is 1. The highest BCUT2D eigenvalue weighted by Gasteiger charge is 2.22. The van der Waals surface area contributed by atoms with Gasteiger partial charge in [-0.05, 0) is 67.4 Å². The Morgan fingerprint density at radius 2 is 1.86 bits per heavy atom. The zero-order chi connectivity index (χ0) is 24.4. The SMILES string of the molecule is COc1ccc(-c2nc3c(C)cccc3cc2CN(Cc2ccco2)C(=O)c2csc(C)n2)cc1. The van der Waals surface area contributed by atoms with Crippen LogP contribution in [0.3, 0.4) is 0 Å². The maximum absolute atomic E-state index is 13.5. The lowest BCUT2D eigenvalue weighted by Gasteiger charge is -2.23. The van der Waals surface area contributed by atoms with Crippen molar-refractivity contribution in [1.29, 1.82) is 0 Å². The van der Waals surface area contributed by atoms with E-state index in [1.807, 2.05) is 49.4 Å². The Morgan fingerprint density at radius 1 is 1.03 bits per heavy atom. The van der Waals surface area contributed by atoms with Gasteiger partial charge in [0, 0.05) is 22.9 Å². The summed E-state index contributed by atoms with van der Waals surface area (Å²) in [7, 11) is 1.65. The van der Waals surface area contributed by atoms with Gasteiger partial charge in [-0.15, -0.1) is 11.3 Å². The minimum atomic E-state index is -0.143. The highest BCUT2D eigenvalue weighted by atomic mass is 32.1. The van der Waals surface area contributed by atoms with E-state index in [4.69, 9.17) is 14.1 Å². The summed E-state index contributed by atoms with van der Waals surface area (Å²) < 4.78 is 10.9. The standard InChI is InChI=1S/C28H25N3O3S/c1-18-6-4-7-21-14-22(27(30-26(18)21)20-9-11-23(33-3)12-10-20)15-31(16-24-8-5-13-34-24)28(32)25-17-35-19(2)29-25/h4-14,17H,15-16H2,1-3H3. The number of ether oxygens (including phenoxy) is 1. The molecule has 0 saturated carbocycles. The lowest BCUT2D eigenvalue weighted by atomic mass is 10.0. The Morgan fingerprint density at radius 3 is 2.54 bits per heavy atom. The van der Waals surface area contributed by atoms with Crippen LogP contribution in [0.4, 0.5) is 0 Å². The predicted molar refractivity (Wildman–Crippen MR) is 138 cm³/mol. The van der Waals surface area contributed by atoms with Crippen LogP contribution in [0.1, 0.15) is 32.4 Å². The van der Waals surface area contributed by atoms with Crippen LogP contribution in [-0.2, 0) is 13.1 Å². The molecule has 0 atom stereocenters. The Kier molecular flexibility index (Phi) is 6.33. The largest absolute Gasteiger partial charge is 0.497 e. The topological polar surface area (TPSA) is 68.5 Å². The summed E-state index contributed by atoms with van der Waals surface area (Å²) in [6.07, 6.45) is 1.62. The number of hydrogen-bond acceptors (Lipinski definition) is 6. The number of carbonyl (C=O) groups excluding carboxylic acids is 1. The van der Waals surface area contributed by atoms with Crippen LogP contribution in [0, 0.1) is 13.8 Å². The summed E-state index contributed by atoms with van der Waals surface area (Å²) in [4.78, 5) is 24.8. The molecule has 35 heavy (non-hydrogen) atoms. The summed E-state index contributed by atoms with van der Waals surface area (Å²) in [6, 6.07) is 19.8. The van der Waals surface area contributed by atoms with Crippen LogP contribution in [0.2, 0.25) is 0 Å². The molecular formula is C28H25N3O3S. The van der Waals surface area contributed by atoms with Crippen LogP contribution in [0.5, 0.6) is 5.75 Å². The van der Waals surface area contributed by atoms with E-state index in [2.05, 4.69) is 30.1 Å². The fraction of sp³-hybridized carbons (Fsp3) is 0.179. The van der Waals surface area contributed by atoms with Gasteiger partial charge in [0.25, 0.3) is 5.91 Å². The number of nitrogens with zero attached hydrogens (tertiary/aromatic N) is 3. The molecule has 0 fully saturated rings. The van der Waals surface area contributed by atoms with Crippen molar-refractivity contribution >= 4 is 28.1 Å². The van der Waals surface area contributed by atoms with Gasteiger partial charge in [0.15, 0.2) is 0 Å². The average Bonchev–Trinajstić information content (AvgIpc) is 3.55. The molecule has 6 nitrogen and oxygen atoms in total. The van der Waals surface area contributed by atoms with E-state index in [1.165, 1.54) is 11.3 Å². The first-order chi connectivity index (χ1) is 17.0. The van der Waals surface area contributed by atoms with Gasteiger partial charge < -0.3 is 14.1 Å².